The Hall–Kier alpha value is -1.31. The van der Waals surface area contributed by atoms with Crippen molar-refractivity contribution < 1.29 is 9.53 Å². The predicted octanol–water partition coefficient (Wildman–Crippen LogP) is 2.06. The van der Waals surface area contributed by atoms with E-state index in [0.717, 1.165) is 12.0 Å². The molecule has 0 amide bonds. The molecule has 0 bridgehead atoms. The lowest BCUT2D eigenvalue weighted by atomic mass is 9.97. The number of fused-ring (bicyclic) bond motifs is 1. The lowest BCUT2D eigenvalue weighted by molar-refractivity contribution is -0.108. The molecule has 0 radical (unpaired) electrons. The van der Waals surface area contributed by atoms with Crippen LogP contribution in [-0.4, -0.2) is 12.9 Å². The molecule has 1 atom stereocenters. The van der Waals surface area contributed by atoms with E-state index in [-0.39, 0.29) is 5.92 Å². The zero-order valence-electron chi connectivity index (χ0n) is 7.62. The van der Waals surface area contributed by atoms with Gasteiger partial charge in [0.05, 0.1) is 6.61 Å². The fourth-order valence-electron chi connectivity index (χ4n) is 1.71. The second-order valence-electron chi connectivity index (χ2n) is 3.45. The monoisotopic (exact) mass is 176 g/mol. The Morgan fingerprint density at radius 3 is 3.23 bits per heavy atom. The molecule has 0 saturated carbocycles. The summed E-state index contributed by atoms with van der Waals surface area (Å²) in [4.78, 5) is 10.4. The molecule has 0 aliphatic carbocycles. The van der Waals surface area contributed by atoms with Gasteiger partial charge in [-0.1, -0.05) is 17.7 Å². The maximum absolute atomic E-state index is 10.4. The number of hydrogen-bond donors (Lipinski definition) is 0. The highest BCUT2D eigenvalue weighted by Crippen LogP contribution is 2.35. The van der Waals surface area contributed by atoms with E-state index < -0.39 is 0 Å². The van der Waals surface area contributed by atoms with Crippen LogP contribution >= 0.6 is 0 Å². The maximum atomic E-state index is 10.4. The van der Waals surface area contributed by atoms with E-state index in [1.165, 1.54) is 11.1 Å². The van der Waals surface area contributed by atoms with Crippen LogP contribution in [0.1, 0.15) is 23.5 Å². The number of aldehydes is 1. The SMILES string of the molecule is Cc1ccc2c(c1)C(CC=O)CO2. The quantitative estimate of drug-likeness (QED) is 0.645. The largest absolute Gasteiger partial charge is 0.493 e. The van der Waals surface area contributed by atoms with E-state index in [4.69, 9.17) is 4.74 Å². The lowest BCUT2D eigenvalue weighted by Crippen LogP contribution is -2.00. The van der Waals surface area contributed by atoms with Crippen molar-refractivity contribution in [2.75, 3.05) is 6.61 Å². The molecule has 1 unspecified atom stereocenters. The number of carbonyl (C=O) groups is 1. The van der Waals surface area contributed by atoms with Gasteiger partial charge in [0, 0.05) is 17.9 Å². The van der Waals surface area contributed by atoms with Gasteiger partial charge >= 0.3 is 0 Å². The van der Waals surface area contributed by atoms with Crippen molar-refractivity contribution in [3.63, 3.8) is 0 Å². The highest BCUT2D eigenvalue weighted by molar-refractivity contribution is 5.54. The highest BCUT2D eigenvalue weighted by atomic mass is 16.5. The van der Waals surface area contributed by atoms with Crippen molar-refractivity contribution in [2.24, 2.45) is 0 Å². The highest BCUT2D eigenvalue weighted by Gasteiger charge is 2.23. The van der Waals surface area contributed by atoms with Gasteiger partial charge in [0.1, 0.15) is 12.0 Å². The lowest BCUT2D eigenvalue weighted by Gasteiger charge is -2.03. The van der Waals surface area contributed by atoms with Crippen molar-refractivity contribution >= 4 is 6.29 Å². The summed E-state index contributed by atoms with van der Waals surface area (Å²) in [6.07, 6.45) is 1.53. The third-order valence-corrected chi connectivity index (χ3v) is 2.43. The molecule has 2 nitrogen and oxygen atoms in total. The molecule has 0 N–H and O–H groups in total. The van der Waals surface area contributed by atoms with Crippen LogP contribution in [0.15, 0.2) is 18.2 Å². The standard InChI is InChI=1S/C11H12O2/c1-8-2-3-11-10(6-8)9(4-5-12)7-13-11/h2-3,5-6,9H,4,7H2,1H3. The van der Waals surface area contributed by atoms with Gasteiger partial charge in [0.25, 0.3) is 0 Å². The Morgan fingerprint density at radius 2 is 2.46 bits per heavy atom. The van der Waals surface area contributed by atoms with E-state index in [9.17, 15) is 4.79 Å². The summed E-state index contributed by atoms with van der Waals surface area (Å²) < 4.78 is 5.46. The first-order valence-electron chi connectivity index (χ1n) is 4.48. The van der Waals surface area contributed by atoms with Crippen molar-refractivity contribution in [1.29, 1.82) is 0 Å². The zero-order chi connectivity index (χ0) is 9.26. The van der Waals surface area contributed by atoms with Gasteiger partial charge in [-0.15, -0.1) is 0 Å². The summed E-state index contributed by atoms with van der Waals surface area (Å²) in [7, 11) is 0. The number of hydrogen-bond acceptors (Lipinski definition) is 2. The Kier molecular flexibility index (Phi) is 2.05. The Balaban J connectivity index is 2.34. The van der Waals surface area contributed by atoms with Gasteiger partial charge in [-0.05, 0) is 13.0 Å². The van der Waals surface area contributed by atoms with Crippen LogP contribution in [0.5, 0.6) is 5.75 Å². The predicted molar refractivity (Wildman–Crippen MR) is 50.1 cm³/mol. The minimum Gasteiger partial charge on any atom is -0.493 e. The van der Waals surface area contributed by atoms with Crippen molar-refractivity contribution in [3.8, 4) is 5.75 Å². The summed E-state index contributed by atoms with van der Waals surface area (Å²) in [5.74, 6) is 1.21. The molecule has 0 fully saturated rings. The molecule has 1 aromatic carbocycles. The van der Waals surface area contributed by atoms with Crippen molar-refractivity contribution in [2.45, 2.75) is 19.3 Å². The van der Waals surface area contributed by atoms with Gasteiger partial charge in [-0.25, -0.2) is 0 Å². The van der Waals surface area contributed by atoms with E-state index >= 15 is 0 Å². The summed E-state index contributed by atoms with van der Waals surface area (Å²) in [5.41, 5.74) is 2.41. The Labute approximate surface area is 77.5 Å². The number of rotatable bonds is 2. The van der Waals surface area contributed by atoms with Crippen LogP contribution in [-0.2, 0) is 4.79 Å². The van der Waals surface area contributed by atoms with Crippen LogP contribution < -0.4 is 4.74 Å². The molecule has 1 aliphatic heterocycles. The van der Waals surface area contributed by atoms with Gasteiger partial charge in [-0.3, -0.25) is 0 Å². The van der Waals surface area contributed by atoms with Gasteiger partial charge in [0.2, 0.25) is 0 Å². The van der Waals surface area contributed by atoms with Gasteiger partial charge < -0.3 is 9.53 Å². The molecule has 2 heteroatoms. The summed E-state index contributed by atoms with van der Waals surface area (Å²) in [5, 5.41) is 0. The van der Waals surface area contributed by atoms with Crippen LogP contribution in [0.3, 0.4) is 0 Å². The number of ether oxygens (including phenoxy) is 1. The van der Waals surface area contributed by atoms with Crippen molar-refractivity contribution in [3.05, 3.63) is 29.3 Å². The normalized spacial score (nSPS) is 19.3. The molecule has 2 rings (SSSR count). The number of benzene rings is 1. The molecule has 0 saturated heterocycles. The Morgan fingerprint density at radius 1 is 1.62 bits per heavy atom. The van der Waals surface area contributed by atoms with Crippen LogP contribution in [0.4, 0.5) is 0 Å². The fourth-order valence-corrected chi connectivity index (χ4v) is 1.71. The van der Waals surface area contributed by atoms with Crippen LogP contribution in [0.25, 0.3) is 0 Å². The summed E-state index contributed by atoms with van der Waals surface area (Å²) >= 11 is 0. The van der Waals surface area contributed by atoms with E-state index in [0.29, 0.717) is 13.0 Å². The van der Waals surface area contributed by atoms with E-state index in [2.05, 4.69) is 13.0 Å². The molecule has 68 valence electrons. The van der Waals surface area contributed by atoms with Gasteiger partial charge in [0.15, 0.2) is 0 Å². The maximum Gasteiger partial charge on any atom is 0.122 e. The summed E-state index contributed by atoms with van der Waals surface area (Å²) in [6, 6.07) is 6.12. The fraction of sp³-hybridized carbons (Fsp3) is 0.364. The first-order valence-corrected chi connectivity index (χ1v) is 4.48. The van der Waals surface area contributed by atoms with Crippen LogP contribution in [0, 0.1) is 6.92 Å². The minimum atomic E-state index is 0.271. The molecule has 1 aliphatic rings. The van der Waals surface area contributed by atoms with E-state index in [1.54, 1.807) is 0 Å². The van der Waals surface area contributed by atoms with Crippen LogP contribution in [0.2, 0.25) is 0 Å². The molecule has 13 heavy (non-hydrogen) atoms. The molecule has 0 aromatic heterocycles. The molecular weight excluding hydrogens is 164 g/mol. The average Bonchev–Trinajstić information content (AvgIpc) is 2.49. The molecule has 0 spiro atoms. The number of aryl methyl sites for hydroxylation is 1. The summed E-state index contributed by atoms with van der Waals surface area (Å²) in [6.45, 7) is 2.70. The first kappa shape index (κ1) is 8.30. The second-order valence-corrected chi connectivity index (χ2v) is 3.45. The molecule has 1 aromatic rings. The topological polar surface area (TPSA) is 26.3 Å². The van der Waals surface area contributed by atoms with E-state index in [1.807, 2.05) is 12.1 Å². The van der Waals surface area contributed by atoms with Gasteiger partial charge in [-0.2, -0.15) is 0 Å². The molecular formula is C11H12O2. The smallest absolute Gasteiger partial charge is 0.122 e. The Bertz CT molecular complexity index is 331. The first-order chi connectivity index (χ1) is 6.31. The third kappa shape index (κ3) is 1.44. The van der Waals surface area contributed by atoms with Crippen molar-refractivity contribution in [1.82, 2.24) is 0 Å². The average molecular weight is 176 g/mol. The minimum absolute atomic E-state index is 0.271. The zero-order valence-corrected chi connectivity index (χ0v) is 7.62. The third-order valence-electron chi connectivity index (χ3n) is 2.43. The second kappa shape index (κ2) is 3.21. The molecule has 1 heterocycles. The number of carbonyl (C=O) groups excluding carboxylic acids is 1.